The number of likely N-dealkylation sites (tertiary alicyclic amines) is 1. The third-order valence-electron chi connectivity index (χ3n) is 3.18. The number of carbonyl (C=O) groups excluding carboxylic acids is 3. The van der Waals surface area contributed by atoms with E-state index in [4.69, 9.17) is 4.74 Å². The maximum Gasteiger partial charge on any atom is 0.325 e. The maximum absolute atomic E-state index is 12.1. The Morgan fingerprint density at radius 3 is 2.58 bits per heavy atom. The van der Waals surface area contributed by atoms with Crippen LogP contribution in [-0.2, 0) is 19.1 Å². The lowest BCUT2D eigenvalue weighted by atomic mass is 10.1. The summed E-state index contributed by atoms with van der Waals surface area (Å²) in [6.45, 7) is 6.22. The van der Waals surface area contributed by atoms with Gasteiger partial charge in [-0.15, -0.1) is 0 Å². The van der Waals surface area contributed by atoms with E-state index >= 15 is 0 Å². The Kier molecular flexibility index (Phi) is 5.32. The van der Waals surface area contributed by atoms with Gasteiger partial charge in [0.05, 0.1) is 12.5 Å². The normalized spacial score (nSPS) is 18.9. The summed E-state index contributed by atoms with van der Waals surface area (Å²) in [5, 5.41) is 0. The van der Waals surface area contributed by atoms with Crippen LogP contribution in [0.2, 0.25) is 0 Å². The molecule has 1 aliphatic rings. The first-order valence-electron chi connectivity index (χ1n) is 6.56. The smallest absolute Gasteiger partial charge is 0.325 e. The molecule has 108 valence electrons. The number of ether oxygens (including phenoxy) is 1. The molecular weight excluding hydrogens is 248 g/mol. The molecule has 2 amide bonds. The Morgan fingerprint density at radius 2 is 2.11 bits per heavy atom. The van der Waals surface area contributed by atoms with E-state index in [-0.39, 0.29) is 36.7 Å². The van der Waals surface area contributed by atoms with E-state index in [1.165, 1.54) is 4.90 Å². The highest BCUT2D eigenvalue weighted by molar-refractivity contribution is 5.90. The monoisotopic (exact) mass is 270 g/mol. The van der Waals surface area contributed by atoms with E-state index in [1.807, 2.05) is 13.8 Å². The van der Waals surface area contributed by atoms with Crippen LogP contribution in [0.25, 0.3) is 0 Å². The maximum atomic E-state index is 12.1. The largest absolute Gasteiger partial charge is 0.465 e. The Morgan fingerprint density at radius 1 is 1.47 bits per heavy atom. The van der Waals surface area contributed by atoms with Crippen molar-refractivity contribution in [2.24, 2.45) is 5.92 Å². The van der Waals surface area contributed by atoms with Gasteiger partial charge in [0, 0.05) is 26.1 Å². The summed E-state index contributed by atoms with van der Waals surface area (Å²) in [4.78, 5) is 38.2. The van der Waals surface area contributed by atoms with Crippen molar-refractivity contribution in [3.8, 4) is 0 Å². The summed E-state index contributed by atoms with van der Waals surface area (Å²) in [6, 6.07) is 0.0978. The zero-order chi connectivity index (χ0) is 14.6. The molecule has 6 nitrogen and oxygen atoms in total. The van der Waals surface area contributed by atoms with Gasteiger partial charge in [-0.1, -0.05) is 0 Å². The van der Waals surface area contributed by atoms with Gasteiger partial charge in [0.1, 0.15) is 6.54 Å². The van der Waals surface area contributed by atoms with Crippen molar-refractivity contribution < 1.29 is 19.1 Å². The molecule has 1 fully saturated rings. The summed E-state index contributed by atoms with van der Waals surface area (Å²) < 4.78 is 4.80. The second kappa shape index (κ2) is 6.54. The van der Waals surface area contributed by atoms with Gasteiger partial charge >= 0.3 is 5.97 Å². The lowest BCUT2D eigenvalue weighted by molar-refractivity contribution is -0.149. The van der Waals surface area contributed by atoms with Crippen LogP contribution < -0.4 is 0 Å². The molecule has 0 radical (unpaired) electrons. The van der Waals surface area contributed by atoms with Gasteiger partial charge in [-0.3, -0.25) is 14.4 Å². The molecule has 0 spiro atoms. The summed E-state index contributed by atoms with van der Waals surface area (Å²) in [7, 11) is 1.56. The number of nitrogens with zero attached hydrogens (tertiary/aromatic N) is 2. The number of esters is 1. The fraction of sp³-hybridized carbons (Fsp3) is 0.769. The van der Waals surface area contributed by atoms with Crippen LogP contribution in [0.5, 0.6) is 0 Å². The van der Waals surface area contributed by atoms with Crippen LogP contribution in [0.4, 0.5) is 0 Å². The minimum atomic E-state index is -0.427. The topological polar surface area (TPSA) is 66.9 Å². The molecule has 0 aliphatic carbocycles. The first-order chi connectivity index (χ1) is 8.86. The second-order valence-corrected chi connectivity index (χ2v) is 5.04. The number of rotatable bonds is 5. The quantitative estimate of drug-likeness (QED) is 0.672. The highest BCUT2D eigenvalue weighted by Crippen LogP contribution is 2.21. The lowest BCUT2D eigenvalue weighted by Gasteiger charge is -2.22. The number of amides is 2. The Bertz CT molecular complexity index is 368. The molecule has 0 aromatic carbocycles. The predicted molar refractivity (Wildman–Crippen MR) is 69.2 cm³/mol. The van der Waals surface area contributed by atoms with Crippen molar-refractivity contribution in [1.82, 2.24) is 9.80 Å². The van der Waals surface area contributed by atoms with Crippen molar-refractivity contribution in [3.63, 3.8) is 0 Å². The first-order valence-corrected chi connectivity index (χ1v) is 6.56. The molecule has 1 atom stereocenters. The van der Waals surface area contributed by atoms with E-state index < -0.39 is 5.97 Å². The van der Waals surface area contributed by atoms with Crippen LogP contribution in [0.3, 0.4) is 0 Å². The van der Waals surface area contributed by atoms with Gasteiger partial charge < -0.3 is 14.5 Å². The van der Waals surface area contributed by atoms with E-state index in [0.717, 1.165) is 0 Å². The highest BCUT2D eigenvalue weighted by atomic mass is 16.5. The van der Waals surface area contributed by atoms with Gasteiger partial charge in [0.15, 0.2) is 0 Å². The molecule has 1 unspecified atom stereocenters. The summed E-state index contributed by atoms with van der Waals surface area (Å²) >= 11 is 0. The average Bonchev–Trinajstić information content (AvgIpc) is 2.70. The fourth-order valence-electron chi connectivity index (χ4n) is 2.19. The third-order valence-corrected chi connectivity index (χ3v) is 3.18. The zero-order valence-electron chi connectivity index (χ0n) is 12.0. The molecule has 0 aromatic rings. The van der Waals surface area contributed by atoms with Crippen LogP contribution in [-0.4, -0.2) is 60.4 Å². The van der Waals surface area contributed by atoms with Crippen LogP contribution in [0, 0.1) is 5.92 Å². The van der Waals surface area contributed by atoms with Crippen molar-refractivity contribution in [2.45, 2.75) is 33.2 Å². The second-order valence-electron chi connectivity index (χ2n) is 5.04. The van der Waals surface area contributed by atoms with Gasteiger partial charge in [-0.05, 0) is 20.8 Å². The molecule has 6 heteroatoms. The minimum Gasteiger partial charge on any atom is -0.465 e. The molecule has 1 heterocycles. The Hall–Kier alpha value is -1.59. The van der Waals surface area contributed by atoms with E-state index in [9.17, 15) is 14.4 Å². The third kappa shape index (κ3) is 3.94. The van der Waals surface area contributed by atoms with Crippen LogP contribution >= 0.6 is 0 Å². The van der Waals surface area contributed by atoms with Crippen LogP contribution in [0.15, 0.2) is 0 Å². The van der Waals surface area contributed by atoms with Crippen molar-refractivity contribution in [3.05, 3.63) is 0 Å². The van der Waals surface area contributed by atoms with E-state index in [2.05, 4.69) is 0 Å². The van der Waals surface area contributed by atoms with Crippen molar-refractivity contribution in [2.75, 3.05) is 26.7 Å². The predicted octanol–water partition coefficient (Wildman–Crippen LogP) is 0.265. The van der Waals surface area contributed by atoms with Gasteiger partial charge in [-0.25, -0.2) is 0 Å². The van der Waals surface area contributed by atoms with Crippen molar-refractivity contribution in [1.29, 1.82) is 0 Å². The summed E-state index contributed by atoms with van der Waals surface area (Å²) in [6.07, 6.45) is 0.226. The molecule has 19 heavy (non-hydrogen) atoms. The number of likely N-dealkylation sites (N-methyl/N-ethyl adjacent to an activating group) is 1. The SMILES string of the molecule is CCOC(=O)CN(C)C(=O)C1CC(=O)N(C(C)C)C1. The summed E-state index contributed by atoms with van der Waals surface area (Å²) in [5.41, 5.74) is 0. The number of hydrogen-bond acceptors (Lipinski definition) is 4. The van der Waals surface area contributed by atoms with E-state index in [1.54, 1.807) is 18.9 Å². The molecule has 0 aromatic heterocycles. The Balaban J connectivity index is 2.54. The molecule has 0 bridgehead atoms. The van der Waals surface area contributed by atoms with E-state index in [0.29, 0.717) is 13.2 Å². The van der Waals surface area contributed by atoms with Gasteiger partial charge in [-0.2, -0.15) is 0 Å². The zero-order valence-corrected chi connectivity index (χ0v) is 12.0. The molecule has 0 N–H and O–H groups in total. The van der Waals surface area contributed by atoms with Gasteiger partial charge in [0.25, 0.3) is 0 Å². The van der Waals surface area contributed by atoms with Gasteiger partial charge in [0.2, 0.25) is 11.8 Å². The number of hydrogen-bond donors (Lipinski definition) is 0. The highest BCUT2D eigenvalue weighted by Gasteiger charge is 2.37. The number of carbonyl (C=O) groups is 3. The standard InChI is InChI=1S/C13H22N2O4/c1-5-19-12(17)8-14(4)13(18)10-6-11(16)15(7-10)9(2)3/h9-10H,5-8H2,1-4H3. The minimum absolute atomic E-state index is 0.00196. The average molecular weight is 270 g/mol. The summed E-state index contributed by atoms with van der Waals surface area (Å²) in [5.74, 6) is -0.958. The lowest BCUT2D eigenvalue weighted by Crippen LogP contribution is -2.39. The first kappa shape index (κ1) is 15.5. The Labute approximate surface area is 113 Å². The molecular formula is C13H22N2O4. The fourth-order valence-corrected chi connectivity index (χ4v) is 2.19. The molecule has 1 rings (SSSR count). The molecule has 1 aliphatic heterocycles. The van der Waals surface area contributed by atoms with Crippen LogP contribution in [0.1, 0.15) is 27.2 Å². The van der Waals surface area contributed by atoms with Crippen molar-refractivity contribution >= 4 is 17.8 Å². The molecule has 1 saturated heterocycles. The molecule has 0 saturated carbocycles.